The molecule has 1 saturated carbocycles. The summed E-state index contributed by atoms with van der Waals surface area (Å²) >= 11 is 0. The van der Waals surface area contributed by atoms with Gasteiger partial charge >= 0.3 is 0 Å². The smallest absolute Gasteiger partial charge is 0.225 e. The van der Waals surface area contributed by atoms with Gasteiger partial charge < -0.3 is 15.0 Å². The van der Waals surface area contributed by atoms with E-state index in [9.17, 15) is 9.18 Å². The van der Waals surface area contributed by atoms with Crippen LogP contribution in [0.4, 0.5) is 4.39 Å². The summed E-state index contributed by atoms with van der Waals surface area (Å²) in [6.45, 7) is 3.36. The monoisotopic (exact) mass is 342 g/mol. The molecule has 1 amide bonds. The fourth-order valence-electron chi connectivity index (χ4n) is 2.85. The van der Waals surface area contributed by atoms with E-state index in [4.69, 9.17) is 4.74 Å². The van der Waals surface area contributed by atoms with E-state index in [0.717, 1.165) is 18.7 Å². The molecule has 1 N–H and O–H groups in total. The maximum absolute atomic E-state index is 13.4. The highest BCUT2D eigenvalue weighted by molar-refractivity contribution is 5.85. The van der Waals surface area contributed by atoms with Crippen LogP contribution in [0.3, 0.4) is 0 Å². The van der Waals surface area contributed by atoms with Crippen LogP contribution >= 0.6 is 12.4 Å². The highest BCUT2D eigenvalue weighted by atomic mass is 35.5. The number of benzene rings is 1. The van der Waals surface area contributed by atoms with Crippen LogP contribution in [-0.4, -0.2) is 43.7 Å². The molecule has 1 saturated heterocycles. The second kappa shape index (κ2) is 8.62. The van der Waals surface area contributed by atoms with Gasteiger partial charge in [0.2, 0.25) is 5.91 Å². The normalized spacial score (nSPS) is 20.9. The molecule has 1 heterocycles. The van der Waals surface area contributed by atoms with Crippen LogP contribution in [0.2, 0.25) is 0 Å². The Kier molecular flexibility index (Phi) is 6.81. The zero-order valence-electron chi connectivity index (χ0n) is 13.2. The molecule has 1 aliphatic carbocycles. The highest BCUT2D eigenvalue weighted by Crippen LogP contribution is 2.29. The van der Waals surface area contributed by atoms with Crippen molar-refractivity contribution in [1.82, 2.24) is 10.2 Å². The summed E-state index contributed by atoms with van der Waals surface area (Å²) in [5, 5.41) is 3.28. The number of carbonyl (C=O) groups is 1. The van der Waals surface area contributed by atoms with Crippen LogP contribution in [0.15, 0.2) is 24.3 Å². The number of carbonyl (C=O) groups excluding carboxylic acids is 1. The van der Waals surface area contributed by atoms with Crippen molar-refractivity contribution >= 4 is 18.3 Å². The Morgan fingerprint density at radius 3 is 2.96 bits per heavy atom. The van der Waals surface area contributed by atoms with Crippen molar-refractivity contribution in [2.75, 3.05) is 32.8 Å². The van der Waals surface area contributed by atoms with Gasteiger partial charge in [-0.15, -0.1) is 12.4 Å². The summed E-state index contributed by atoms with van der Waals surface area (Å²) in [5.41, 5.74) is 0.847. The Morgan fingerprint density at radius 2 is 2.22 bits per heavy atom. The van der Waals surface area contributed by atoms with Gasteiger partial charge in [0, 0.05) is 26.2 Å². The molecule has 3 rings (SSSR count). The molecule has 2 fully saturated rings. The van der Waals surface area contributed by atoms with Crippen molar-refractivity contribution in [3.8, 4) is 0 Å². The Bertz CT molecular complexity index is 525. The average Bonchev–Trinajstić information content (AvgIpc) is 3.36. The minimum atomic E-state index is -0.261. The van der Waals surface area contributed by atoms with Gasteiger partial charge in [-0.25, -0.2) is 4.39 Å². The van der Waals surface area contributed by atoms with Crippen LogP contribution in [0.1, 0.15) is 30.9 Å². The van der Waals surface area contributed by atoms with E-state index in [2.05, 4.69) is 5.32 Å². The summed E-state index contributed by atoms with van der Waals surface area (Å²) in [6.07, 6.45) is 2.92. The topological polar surface area (TPSA) is 41.6 Å². The first-order valence-corrected chi connectivity index (χ1v) is 8.07. The lowest BCUT2D eigenvalue weighted by atomic mass is 10.0. The first-order chi connectivity index (χ1) is 10.7. The number of hydrogen-bond donors (Lipinski definition) is 1. The first kappa shape index (κ1) is 18.2. The molecule has 0 aromatic heterocycles. The van der Waals surface area contributed by atoms with E-state index in [1.54, 1.807) is 6.07 Å². The van der Waals surface area contributed by atoms with Crippen molar-refractivity contribution in [3.05, 3.63) is 35.6 Å². The molecule has 1 aromatic rings. The molecule has 2 aliphatic rings. The van der Waals surface area contributed by atoms with Crippen LogP contribution < -0.4 is 5.32 Å². The summed E-state index contributed by atoms with van der Waals surface area (Å²) in [7, 11) is 0. The standard InChI is InChI=1S/C17H23FN2O2.ClH/c18-15-3-1-2-14(10-15)16-11-19-7-8-20(16)17(21)6-9-22-12-13-4-5-13;/h1-3,10,13,16,19H,4-9,11-12H2;1H. The third kappa shape index (κ3) is 5.16. The minimum Gasteiger partial charge on any atom is -0.381 e. The second-order valence-corrected chi connectivity index (χ2v) is 6.13. The van der Waals surface area contributed by atoms with E-state index < -0.39 is 0 Å². The first-order valence-electron chi connectivity index (χ1n) is 8.07. The van der Waals surface area contributed by atoms with Gasteiger partial charge in [0.25, 0.3) is 0 Å². The second-order valence-electron chi connectivity index (χ2n) is 6.13. The third-order valence-electron chi connectivity index (χ3n) is 4.31. The zero-order chi connectivity index (χ0) is 15.4. The number of ether oxygens (including phenoxy) is 1. The quantitative estimate of drug-likeness (QED) is 0.808. The number of halogens is 2. The van der Waals surface area contributed by atoms with Gasteiger partial charge in [0.15, 0.2) is 0 Å². The molecular weight excluding hydrogens is 319 g/mol. The Labute approximate surface area is 142 Å². The molecule has 1 aliphatic heterocycles. The highest BCUT2D eigenvalue weighted by Gasteiger charge is 2.28. The molecule has 23 heavy (non-hydrogen) atoms. The predicted molar refractivity (Wildman–Crippen MR) is 89.1 cm³/mol. The molecule has 4 nitrogen and oxygen atoms in total. The van der Waals surface area contributed by atoms with Crippen LogP contribution in [0, 0.1) is 11.7 Å². The lowest BCUT2D eigenvalue weighted by Gasteiger charge is -2.36. The summed E-state index contributed by atoms with van der Waals surface area (Å²) < 4.78 is 19.0. The molecule has 6 heteroatoms. The van der Waals surface area contributed by atoms with Gasteiger partial charge in [0.05, 0.1) is 19.1 Å². The minimum absolute atomic E-state index is 0. The lowest BCUT2D eigenvalue weighted by Crippen LogP contribution is -2.48. The molecule has 1 aromatic carbocycles. The molecule has 128 valence electrons. The lowest BCUT2D eigenvalue weighted by molar-refractivity contribution is -0.135. The fourth-order valence-corrected chi connectivity index (χ4v) is 2.85. The van der Waals surface area contributed by atoms with E-state index >= 15 is 0 Å². The number of hydrogen-bond acceptors (Lipinski definition) is 3. The van der Waals surface area contributed by atoms with Gasteiger partial charge in [-0.05, 0) is 36.5 Å². The van der Waals surface area contributed by atoms with E-state index in [-0.39, 0.29) is 30.2 Å². The molecule has 1 unspecified atom stereocenters. The maximum atomic E-state index is 13.4. The van der Waals surface area contributed by atoms with Crippen molar-refractivity contribution < 1.29 is 13.9 Å². The molecule has 0 spiro atoms. The largest absolute Gasteiger partial charge is 0.381 e. The summed E-state index contributed by atoms with van der Waals surface area (Å²) in [6, 6.07) is 6.42. The van der Waals surface area contributed by atoms with Crippen LogP contribution in [0.25, 0.3) is 0 Å². The van der Waals surface area contributed by atoms with Crippen molar-refractivity contribution in [2.45, 2.75) is 25.3 Å². The summed E-state index contributed by atoms with van der Waals surface area (Å²) in [4.78, 5) is 14.3. The average molecular weight is 343 g/mol. The third-order valence-corrected chi connectivity index (χ3v) is 4.31. The number of nitrogens with one attached hydrogen (secondary N) is 1. The predicted octanol–water partition coefficient (Wildman–Crippen LogP) is 2.54. The Morgan fingerprint density at radius 1 is 1.39 bits per heavy atom. The number of piperazine rings is 1. The Balaban J connectivity index is 0.00000192. The Hall–Kier alpha value is -1.17. The molecule has 0 radical (unpaired) electrons. The van der Waals surface area contributed by atoms with E-state index in [0.29, 0.717) is 32.0 Å². The number of amides is 1. The van der Waals surface area contributed by atoms with E-state index in [1.807, 2.05) is 11.0 Å². The van der Waals surface area contributed by atoms with Crippen LogP contribution in [-0.2, 0) is 9.53 Å². The maximum Gasteiger partial charge on any atom is 0.225 e. The fraction of sp³-hybridized carbons (Fsp3) is 0.588. The van der Waals surface area contributed by atoms with Crippen molar-refractivity contribution in [3.63, 3.8) is 0 Å². The SMILES string of the molecule is Cl.O=C(CCOCC1CC1)N1CCNCC1c1cccc(F)c1. The van der Waals surface area contributed by atoms with Crippen molar-refractivity contribution in [1.29, 1.82) is 0 Å². The molecule has 1 atom stereocenters. The zero-order valence-corrected chi connectivity index (χ0v) is 14.0. The van der Waals surface area contributed by atoms with Gasteiger partial charge in [-0.2, -0.15) is 0 Å². The van der Waals surface area contributed by atoms with Crippen LogP contribution in [0.5, 0.6) is 0 Å². The van der Waals surface area contributed by atoms with Gasteiger partial charge in [-0.1, -0.05) is 12.1 Å². The molecular formula is C17H24ClFN2O2. The van der Waals surface area contributed by atoms with Crippen molar-refractivity contribution in [2.24, 2.45) is 5.92 Å². The summed E-state index contributed by atoms with van der Waals surface area (Å²) in [5.74, 6) is 0.545. The molecule has 0 bridgehead atoms. The van der Waals surface area contributed by atoms with Gasteiger partial charge in [-0.3, -0.25) is 4.79 Å². The van der Waals surface area contributed by atoms with Gasteiger partial charge in [0.1, 0.15) is 5.82 Å². The number of rotatable bonds is 6. The number of nitrogens with zero attached hydrogens (tertiary/aromatic N) is 1. The van der Waals surface area contributed by atoms with E-state index in [1.165, 1.54) is 25.0 Å².